The van der Waals surface area contributed by atoms with E-state index >= 15 is 0 Å². The lowest BCUT2D eigenvalue weighted by molar-refractivity contribution is -0.387. The second kappa shape index (κ2) is 7.53. The molecule has 21 heavy (non-hydrogen) atoms. The summed E-state index contributed by atoms with van der Waals surface area (Å²) >= 11 is 0. The number of sulfonamides is 1. The molecule has 0 aromatic heterocycles. The topological polar surface area (TPSA) is 138 Å². The van der Waals surface area contributed by atoms with Crippen LogP contribution < -0.4 is 4.72 Å². The third kappa shape index (κ3) is 4.99. The Balaban J connectivity index is 2.72. The van der Waals surface area contributed by atoms with Crippen molar-refractivity contribution in [1.29, 1.82) is 0 Å². The standard InChI is InChI=1S/C10H12FN5O4S/c11-9-4-3-8(7-10(9)16(17)18)21(19,20)14-6-2-1-5-13-15-12/h3-4,7,14H,1-2,5-6H2. The van der Waals surface area contributed by atoms with Gasteiger partial charge in [0, 0.05) is 24.1 Å². The number of hydrogen-bond donors (Lipinski definition) is 1. The summed E-state index contributed by atoms with van der Waals surface area (Å²) in [4.78, 5) is 11.7. The average Bonchev–Trinajstić information content (AvgIpc) is 2.42. The smallest absolute Gasteiger partial charge is 0.258 e. The highest BCUT2D eigenvalue weighted by Crippen LogP contribution is 2.21. The van der Waals surface area contributed by atoms with E-state index in [0.29, 0.717) is 18.9 Å². The van der Waals surface area contributed by atoms with Crippen LogP contribution in [0.1, 0.15) is 12.8 Å². The highest BCUT2D eigenvalue weighted by atomic mass is 32.2. The second-order valence-corrected chi connectivity index (χ2v) is 5.70. The predicted molar refractivity (Wildman–Crippen MR) is 71.5 cm³/mol. The van der Waals surface area contributed by atoms with E-state index < -0.39 is 26.5 Å². The number of nitro groups is 1. The molecule has 0 saturated heterocycles. The molecule has 0 bridgehead atoms. The molecule has 0 aliphatic rings. The van der Waals surface area contributed by atoms with Crippen molar-refractivity contribution in [2.75, 3.05) is 13.1 Å². The van der Waals surface area contributed by atoms with Gasteiger partial charge in [-0.2, -0.15) is 4.39 Å². The molecule has 9 nitrogen and oxygen atoms in total. The van der Waals surface area contributed by atoms with Crippen LogP contribution in [0.5, 0.6) is 0 Å². The third-order valence-electron chi connectivity index (χ3n) is 2.46. The van der Waals surface area contributed by atoms with Crippen LogP contribution in [0.4, 0.5) is 10.1 Å². The largest absolute Gasteiger partial charge is 0.306 e. The lowest BCUT2D eigenvalue weighted by atomic mass is 10.3. The molecular weight excluding hydrogens is 305 g/mol. The molecule has 0 fully saturated rings. The van der Waals surface area contributed by atoms with E-state index in [9.17, 15) is 22.9 Å². The first-order valence-corrected chi connectivity index (χ1v) is 7.31. The highest BCUT2D eigenvalue weighted by Gasteiger charge is 2.20. The number of halogens is 1. The maximum absolute atomic E-state index is 13.1. The van der Waals surface area contributed by atoms with Gasteiger partial charge >= 0.3 is 5.69 Å². The monoisotopic (exact) mass is 317 g/mol. The number of nitrogens with zero attached hydrogens (tertiary/aromatic N) is 4. The van der Waals surface area contributed by atoms with E-state index in [2.05, 4.69) is 14.7 Å². The summed E-state index contributed by atoms with van der Waals surface area (Å²) in [6, 6.07) is 2.34. The van der Waals surface area contributed by atoms with Crippen molar-refractivity contribution >= 4 is 15.7 Å². The van der Waals surface area contributed by atoms with Gasteiger partial charge in [0.25, 0.3) is 0 Å². The zero-order valence-electron chi connectivity index (χ0n) is 10.8. The van der Waals surface area contributed by atoms with Crippen molar-refractivity contribution in [3.05, 3.63) is 44.6 Å². The Morgan fingerprint density at radius 2 is 2.14 bits per heavy atom. The van der Waals surface area contributed by atoms with Crippen molar-refractivity contribution < 1.29 is 17.7 Å². The fourth-order valence-electron chi connectivity index (χ4n) is 1.44. The first-order chi connectivity index (χ1) is 9.88. The zero-order chi connectivity index (χ0) is 15.9. The Bertz CT molecular complexity index is 672. The molecule has 1 aromatic rings. The van der Waals surface area contributed by atoms with Crippen molar-refractivity contribution in [2.24, 2.45) is 5.11 Å². The molecule has 0 atom stereocenters. The lowest BCUT2D eigenvalue weighted by Gasteiger charge is -2.06. The predicted octanol–water partition coefficient (Wildman–Crippen LogP) is 2.10. The fourth-order valence-corrected chi connectivity index (χ4v) is 2.54. The summed E-state index contributed by atoms with van der Waals surface area (Å²) in [5.74, 6) is -1.10. The molecule has 1 N–H and O–H groups in total. The van der Waals surface area contributed by atoms with Crippen molar-refractivity contribution in [3.8, 4) is 0 Å². The Morgan fingerprint density at radius 3 is 2.76 bits per heavy atom. The van der Waals surface area contributed by atoms with Gasteiger partial charge in [-0.05, 0) is 30.5 Å². The normalized spacial score (nSPS) is 10.9. The molecule has 11 heteroatoms. The molecule has 0 amide bonds. The van der Waals surface area contributed by atoms with Gasteiger partial charge in [0.2, 0.25) is 15.8 Å². The molecule has 0 saturated carbocycles. The number of nitrogens with one attached hydrogen (secondary N) is 1. The third-order valence-corrected chi connectivity index (χ3v) is 3.92. The summed E-state index contributed by atoms with van der Waals surface area (Å²) in [6.07, 6.45) is 0.928. The minimum atomic E-state index is -3.95. The van der Waals surface area contributed by atoms with Crippen molar-refractivity contribution in [2.45, 2.75) is 17.7 Å². The Kier molecular flexibility index (Phi) is 6.03. The van der Waals surface area contributed by atoms with Crippen LogP contribution >= 0.6 is 0 Å². The van der Waals surface area contributed by atoms with Gasteiger partial charge in [0.15, 0.2) is 0 Å². The first kappa shape index (κ1) is 16.8. The summed E-state index contributed by atoms with van der Waals surface area (Å²) in [6.45, 7) is 0.328. The van der Waals surface area contributed by atoms with Crippen LogP contribution in [0.3, 0.4) is 0 Å². The minimum absolute atomic E-state index is 0.0778. The van der Waals surface area contributed by atoms with Crippen molar-refractivity contribution in [1.82, 2.24) is 4.72 Å². The van der Waals surface area contributed by atoms with Crippen LogP contribution in [-0.4, -0.2) is 26.4 Å². The van der Waals surface area contributed by atoms with Crippen LogP contribution in [0.15, 0.2) is 28.2 Å². The minimum Gasteiger partial charge on any atom is -0.258 e. The number of benzene rings is 1. The van der Waals surface area contributed by atoms with E-state index in [-0.39, 0.29) is 18.0 Å². The first-order valence-electron chi connectivity index (χ1n) is 5.83. The molecule has 114 valence electrons. The van der Waals surface area contributed by atoms with Crippen LogP contribution in [0.2, 0.25) is 0 Å². The number of azide groups is 1. The molecule has 0 aliphatic carbocycles. The summed E-state index contributed by atoms with van der Waals surface area (Å²) in [5.41, 5.74) is 7.15. The van der Waals surface area contributed by atoms with Gasteiger partial charge in [0.1, 0.15) is 0 Å². The van der Waals surface area contributed by atoms with E-state index in [0.717, 1.165) is 12.1 Å². The molecule has 0 spiro atoms. The van der Waals surface area contributed by atoms with Gasteiger partial charge in [-0.15, -0.1) is 0 Å². The Morgan fingerprint density at radius 1 is 1.43 bits per heavy atom. The molecule has 0 aliphatic heterocycles. The SMILES string of the molecule is [N-]=[N+]=NCCCCNS(=O)(=O)c1ccc(F)c([N+](=O)[O-])c1. The van der Waals surface area contributed by atoms with E-state index in [1.807, 2.05) is 0 Å². The molecule has 1 aromatic carbocycles. The lowest BCUT2D eigenvalue weighted by Crippen LogP contribution is -2.25. The molecule has 0 heterocycles. The van der Waals surface area contributed by atoms with Crippen LogP contribution in [0, 0.1) is 15.9 Å². The molecular formula is C10H12FN5O4S. The van der Waals surface area contributed by atoms with Gasteiger partial charge in [-0.1, -0.05) is 5.11 Å². The van der Waals surface area contributed by atoms with Gasteiger partial charge in [-0.25, -0.2) is 13.1 Å². The average molecular weight is 317 g/mol. The highest BCUT2D eigenvalue weighted by molar-refractivity contribution is 7.89. The van der Waals surface area contributed by atoms with Gasteiger partial charge in [0.05, 0.1) is 9.82 Å². The number of unbranched alkanes of at least 4 members (excludes halogenated alkanes) is 1. The van der Waals surface area contributed by atoms with Gasteiger partial charge in [-0.3, -0.25) is 10.1 Å². The van der Waals surface area contributed by atoms with Crippen LogP contribution in [-0.2, 0) is 10.0 Å². The quantitative estimate of drug-likeness (QED) is 0.196. The zero-order valence-corrected chi connectivity index (χ0v) is 11.6. The second-order valence-electron chi connectivity index (χ2n) is 3.93. The number of nitro benzene ring substituents is 1. The van der Waals surface area contributed by atoms with E-state index in [1.165, 1.54) is 0 Å². The Labute approximate surface area is 119 Å². The number of hydrogen-bond acceptors (Lipinski definition) is 5. The summed E-state index contributed by atoms with van der Waals surface area (Å²) in [5, 5.41) is 13.9. The Hall–Kier alpha value is -2.23. The fraction of sp³-hybridized carbons (Fsp3) is 0.400. The number of rotatable bonds is 8. The van der Waals surface area contributed by atoms with E-state index in [1.54, 1.807) is 0 Å². The molecule has 0 unspecified atom stereocenters. The molecule has 0 radical (unpaired) electrons. The van der Waals surface area contributed by atoms with Crippen LogP contribution in [0.25, 0.3) is 10.4 Å². The van der Waals surface area contributed by atoms with Crippen molar-refractivity contribution in [3.63, 3.8) is 0 Å². The summed E-state index contributed by atoms with van der Waals surface area (Å²) < 4.78 is 39.1. The molecule has 1 rings (SSSR count). The van der Waals surface area contributed by atoms with E-state index in [4.69, 9.17) is 5.53 Å². The summed E-state index contributed by atoms with van der Waals surface area (Å²) in [7, 11) is -3.95. The van der Waals surface area contributed by atoms with Gasteiger partial charge < -0.3 is 0 Å². The maximum atomic E-state index is 13.1. The maximum Gasteiger partial charge on any atom is 0.306 e.